The summed E-state index contributed by atoms with van der Waals surface area (Å²) >= 11 is 3.40. The van der Waals surface area contributed by atoms with Crippen molar-refractivity contribution in [3.05, 3.63) is 35.0 Å². The van der Waals surface area contributed by atoms with Gasteiger partial charge in [0.05, 0.1) is 4.70 Å². The lowest BCUT2D eigenvalue weighted by molar-refractivity contribution is 0.641. The Kier molecular flexibility index (Phi) is 3.32. The van der Waals surface area contributed by atoms with E-state index in [1.54, 1.807) is 6.07 Å². The smallest absolute Gasteiger partial charge is 0.140 e. The molecule has 0 radical (unpaired) electrons. The van der Waals surface area contributed by atoms with Crippen molar-refractivity contribution in [2.24, 2.45) is 0 Å². The summed E-state index contributed by atoms with van der Waals surface area (Å²) in [6, 6.07) is 5.32. The SMILES string of the molecule is CC(C)SCc1csc2c(F)cccc12. The van der Waals surface area contributed by atoms with Gasteiger partial charge in [-0.3, -0.25) is 0 Å². The average Bonchev–Trinajstić information content (AvgIpc) is 2.59. The minimum absolute atomic E-state index is 0.0988. The Bertz CT molecular complexity index is 460. The summed E-state index contributed by atoms with van der Waals surface area (Å²) < 4.78 is 14.2. The minimum atomic E-state index is -0.0988. The topological polar surface area (TPSA) is 0 Å². The first kappa shape index (κ1) is 11.0. The fraction of sp³-hybridized carbons (Fsp3) is 0.333. The van der Waals surface area contributed by atoms with E-state index in [1.165, 1.54) is 23.0 Å². The number of benzene rings is 1. The van der Waals surface area contributed by atoms with Gasteiger partial charge in [0, 0.05) is 5.75 Å². The second kappa shape index (κ2) is 4.54. The van der Waals surface area contributed by atoms with E-state index in [-0.39, 0.29) is 5.82 Å². The summed E-state index contributed by atoms with van der Waals surface area (Å²) in [7, 11) is 0. The molecule has 0 bridgehead atoms. The molecule has 0 aliphatic rings. The van der Waals surface area contributed by atoms with Crippen molar-refractivity contribution in [3.8, 4) is 0 Å². The van der Waals surface area contributed by atoms with Gasteiger partial charge in [0.15, 0.2) is 0 Å². The van der Waals surface area contributed by atoms with E-state index in [9.17, 15) is 4.39 Å². The molecule has 3 heteroatoms. The van der Waals surface area contributed by atoms with Crippen LogP contribution in [0.2, 0.25) is 0 Å². The van der Waals surface area contributed by atoms with Gasteiger partial charge in [-0.05, 0) is 27.6 Å². The predicted octanol–water partition coefficient (Wildman–Crippen LogP) is 4.68. The minimum Gasteiger partial charge on any atom is -0.205 e. The third-order valence-electron chi connectivity index (χ3n) is 2.20. The van der Waals surface area contributed by atoms with E-state index in [4.69, 9.17) is 0 Å². The zero-order valence-electron chi connectivity index (χ0n) is 8.79. The van der Waals surface area contributed by atoms with Gasteiger partial charge in [-0.15, -0.1) is 11.3 Å². The highest BCUT2D eigenvalue weighted by atomic mass is 32.2. The number of thiophene rings is 1. The molecular weight excluding hydrogens is 227 g/mol. The van der Waals surface area contributed by atoms with Crippen LogP contribution >= 0.6 is 23.1 Å². The molecule has 0 saturated carbocycles. The molecule has 80 valence electrons. The fourth-order valence-electron chi connectivity index (χ4n) is 1.44. The van der Waals surface area contributed by atoms with Crippen molar-refractivity contribution in [2.75, 3.05) is 0 Å². The van der Waals surface area contributed by atoms with Crippen LogP contribution in [0.1, 0.15) is 19.4 Å². The second-order valence-electron chi connectivity index (χ2n) is 3.74. The molecule has 0 aliphatic heterocycles. The number of hydrogen-bond donors (Lipinski definition) is 0. The Morgan fingerprint density at radius 1 is 1.40 bits per heavy atom. The van der Waals surface area contributed by atoms with Crippen molar-refractivity contribution in [1.82, 2.24) is 0 Å². The van der Waals surface area contributed by atoms with Gasteiger partial charge in [-0.25, -0.2) is 4.39 Å². The molecule has 15 heavy (non-hydrogen) atoms. The van der Waals surface area contributed by atoms with E-state index in [2.05, 4.69) is 19.2 Å². The third kappa shape index (κ3) is 2.34. The number of hydrogen-bond acceptors (Lipinski definition) is 2. The summed E-state index contributed by atoms with van der Waals surface area (Å²) in [4.78, 5) is 0. The van der Waals surface area contributed by atoms with Gasteiger partial charge in [-0.1, -0.05) is 26.0 Å². The predicted molar refractivity (Wildman–Crippen MR) is 68.2 cm³/mol. The molecule has 2 aromatic rings. The summed E-state index contributed by atoms with van der Waals surface area (Å²) in [6.07, 6.45) is 0. The molecule has 0 unspecified atom stereocenters. The van der Waals surface area contributed by atoms with Crippen LogP contribution in [0.5, 0.6) is 0 Å². The Morgan fingerprint density at radius 3 is 2.93 bits per heavy atom. The van der Waals surface area contributed by atoms with Crippen LogP contribution in [0.4, 0.5) is 4.39 Å². The molecule has 0 saturated heterocycles. The summed E-state index contributed by atoms with van der Waals surface area (Å²) in [5, 5.41) is 3.77. The van der Waals surface area contributed by atoms with Gasteiger partial charge in [0.25, 0.3) is 0 Å². The van der Waals surface area contributed by atoms with E-state index < -0.39 is 0 Å². The van der Waals surface area contributed by atoms with Crippen molar-refractivity contribution in [3.63, 3.8) is 0 Å². The number of fused-ring (bicyclic) bond motifs is 1. The molecule has 2 rings (SSSR count). The largest absolute Gasteiger partial charge is 0.205 e. The molecule has 0 amide bonds. The summed E-state index contributed by atoms with van der Waals surface area (Å²) in [6.45, 7) is 4.36. The average molecular weight is 240 g/mol. The lowest BCUT2D eigenvalue weighted by Crippen LogP contribution is -1.87. The normalized spacial score (nSPS) is 11.5. The van der Waals surface area contributed by atoms with Crippen molar-refractivity contribution in [2.45, 2.75) is 24.9 Å². The van der Waals surface area contributed by atoms with E-state index in [0.29, 0.717) is 5.25 Å². The van der Waals surface area contributed by atoms with Crippen molar-refractivity contribution in [1.29, 1.82) is 0 Å². The lowest BCUT2D eigenvalue weighted by atomic mass is 10.2. The Labute approximate surface area is 97.5 Å². The van der Waals surface area contributed by atoms with Crippen molar-refractivity contribution >= 4 is 33.2 Å². The molecule has 1 heterocycles. The molecule has 0 N–H and O–H groups in total. The fourth-order valence-corrected chi connectivity index (χ4v) is 3.28. The van der Waals surface area contributed by atoms with E-state index >= 15 is 0 Å². The number of halogens is 1. The van der Waals surface area contributed by atoms with Crippen molar-refractivity contribution < 1.29 is 4.39 Å². The molecule has 0 aliphatic carbocycles. The Hall–Kier alpha value is -0.540. The van der Waals surface area contributed by atoms with Gasteiger partial charge in [0.2, 0.25) is 0 Å². The quantitative estimate of drug-likeness (QED) is 0.750. The second-order valence-corrected chi connectivity index (χ2v) is 6.18. The zero-order valence-corrected chi connectivity index (χ0v) is 10.4. The molecule has 1 aromatic heterocycles. The van der Waals surface area contributed by atoms with Gasteiger partial charge >= 0.3 is 0 Å². The van der Waals surface area contributed by atoms with Crippen LogP contribution in [0.3, 0.4) is 0 Å². The zero-order chi connectivity index (χ0) is 10.8. The van der Waals surface area contributed by atoms with Crippen LogP contribution in [-0.2, 0) is 5.75 Å². The van der Waals surface area contributed by atoms with Crippen LogP contribution < -0.4 is 0 Å². The third-order valence-corrected chi connectivity index (χ3v) is 4.40. The lowest BCUT2D eigenvalue weighted by Gasteiger charge is -2.03. The van der Waals surface area contributed by atoms with E-state index in [0.717, 1.165) is 15.8 Å². The van der Waals surface area contributed by atoms with Crippen LogP contribution in [0.25, 0.3) is 10.1 Å². The van der Waals surface area contributed by atoms with Crippen LogP contribution in [0, 0.1) is 5.82 Å². The maximum absolute atomic E-state index is 13.4. The summed E-state index contributed by atoms with van der Waals surface area (Å²) in [5.41, 5.74) is 1.26. The maximum Gasteiger partial charge on any atom is 0.140 e. The number of rotatable bonds is 3. The number of thioether (sulfide) groups is 1. The van der Waals surface area contributed by atoms with Gasteiger partial charge < -0.3 is 0 Å². The molecule has 0 atom stereocenters. The monoisotopic (exact) mass is 240 g/mol. The molecule has 0 nitrogen and oxygen atoms in total. The first-order chi connectivity index (χ1) is 7.18. The van der Waals surface area contributed by atoms with E-state index in [1.807, 2.05) is 17.8 Å². The van der Waals surface area contributed by atoms with Gasteiger partial charge in [-0.2, -0.15) is 11.8 Å². The first-order valence-corrected chi connectivity index (χ1v) is 6.87. The van der Waals surface area contributed by atoms with Gasteiger partial charge in [0.1, 0.15) is 5.82 Å². The molecule has 0 spiro atoms. The highest BCUT2D eigenvalue weighted by Gasteiger charge is 2.07. The highest BCUT2D eigenvalue weighted by molar-refractivity contribution is 7.99. The van der Waals surface area contributed by atoms with Crippen LogP contribution in [0.15, 0.2) is 23.6 Å². The molecule has 0 fully saturated rings. The highest BCUT2D eigenvalue weighted by Crippen LogP contribution is 2.31. The Balaban J connectivity index is 2.33. The maximum atomic E-state index is 13.4. The van der Waals surface area contributed by atoms with Crippen LogP contribution in [-0.4, -0.2) is 5.25 Å². The molecule has 1 aromatic carbocycles. The standard InChI is InChI=1S/C12H13FS2/c1-8(2)14-6-9-7-15-12-10(9)4-3-5-11(12)13/h3-5,7-8H,6H2,1-2H3. The first-order valence-electron chi connectivity index (χ1n) is 4.94. The molecular formula is C12H13FS2. The summed E-state index contributed by atoms with van der Waals surface area (Å²) in [5.74, 6) is 0.875. The Morgan fingerprint density at radius 2 is 2.20 bits per heavy atom.